The molecule has 0 unspecified atom stereocenters. The highest BCUT2D eigenvalue weighted by atomic mass is 28.4. The molecule has 3 aliphatic rings. The molecular weight excluding hydrogens is 606 g/mol. The summed E-state index contributed by atoms with van der Waals surface area (Å²) in [5, 5.41) is 14.9. The Balaban J connectivity index is 1.36. The first-order valence-electron chi connectivity index (χ1n) is 14.9. The van der Waals surface area contributed by atoms with Gasteiger partial charge in [-0.1, -0.05) is 17.3 Å². The van der Waals surface area contributed by atoms with Gasteiger partial charge in [-0.15, -0.1) is 0 Å². The van der Waals surface area contributed by atoms with Crippen LogP contribution in [-0.2, 0) is 30.2 Å². The van der Waals surface area contributed by atoms with Gasteiger partial charge in [-0.05, 0) is 103 Å². The maximum Gasteiger partial charge on any atom is 0.355 e. The molecule has 1 aliphatic carbocycles. The Kier molecular flexibility index (Phi) is 7.95. The van der Waals surface area contributed by atoms with Crippen molar-refractivity contribution in [3.8, 4) is 11.1 Å². The molecule has 3 aromatic rings. The van der Waals surface area contributed by atoms with Gasteiger partial charge < -0.3 is 18.9 Å². The first-order chi connectivity index (χ1) is 21.9. The number of hydrogen-bond acceptors (Lipinski definition) is 9. The Bertz CT molecular complexity index is 1840. The molecule has 1 amide bonds. The molecule has 0 N–H and O–H groups in total. The number of rotatable bonds is 10. The van der Waals surface area contributed by atoms with E-state index in [9.17, 15) is 24.5 Å². The fourth-order valence-corrected chi connectivity index (χ4v) is 7.80. The molecule has 6 rings (SSSR count). The Hall–Kier alpha value is -4.94. The quantitative estimate of drug-likeness (QED) is 0.0537. The van der Waals surface area contributed by atoms with Crippen LogP contribution in [0.2, 0.25) is 19.6 Å². The van der Waals surface area contributed by atoms with Crippen LogP contribution in [-0.4, -0.2) is 61.3 Å². The third kappa shape index (κ3) is 5.54. The van der Waals surface area contributed by atoms with Crippen molar-refractivity contribution in [3.05, 3.63) is 104 Å². The molecule has 236 valence electrons. The lowest BCUT2D eigenvalue weighted by Gasteiger charge is -2.47. The van der Waals surface area contributed by atoms with Crippen LogP contribution in [0.4, 0.5) is 5.69 Å². The van der Waals surface area contributed by atoms with E-state index in [2.05, 4.69) is 24.8 Å². The number of carbonyl (C=O) groups is 3. The molecule has 11 nitrogen and oxygen atoms in total. The molecule has 12 heteroatoms. The third-order valence-electron chi connectivity index (χ3n) is 8.46. The fraction of sp³-hybridized carbons (Fsp3) is 0.294. The lowest BCUT2D eigenvalue weighted by Crippen LogP contribution is -2.63. The number of β-lactam (4-membered cyclic amide) rings is 1. The van der Waals surface area contributed by atoms with Crippen LogP contribution < -0.4 is 0 Å². The summed E-state index contributed by atoms with van der Waals surface area (Å²) in [6.45, 7) is 7.99. The first-order valence-corrected chi connectivity index (χ1v) is 18.3. The average molecular weight is 640 g/mol. The number of amides is 1. The highest BCUT2D eigenvalue weighted by Gasteiger charge is 2.58. The molecule has 1 saturated heterocycles. The van der Waals surface area contributed by atoms with Crippen molar-refractivity contribution in [2.45, 2.75) is 51.7 Å². The summed E-state index contributed by atoms with van der Waals surface area (Å²) >= 11 is 0. The molecule has 2 aliphatic heterocycles. The van der Waals surface area contributed by atoms with Crippen molar-refractivity contribution in [1.29, 1.82) is 0 Å². The Morgan fingerprint density at radius 2 is 1.72 bits per heavy atom. The molecule has 3 atom stereocenters. The summed E-state index contributed by atoms with van der Waals surface area (Å²) in [6, 6.07) is 16.4. The van der Waals surface area contributed by atoms with Crippen LogP contribution in [0.25, 0.3) is 16.7 Å². The maximum absolute atomic E-state index is 13.8. The van der Waals surface area contributed by atoms with E-state index in [1.807, 2.05) is 25.1 Å². The van der Waals surface area contributed by atoms with Gasteiger partial charge >= 0.3 is 5.97 Å². The SMILES string of the molecule is CON=Cc1ccc2c(c1)-c1cc(C3=C(C(=O)OCc4ccc([N+](=O)[O-])cc4)N4C(=O)[C@H]([C@@H](C)O[Si](C)(C)C)[C@H]4C3)ccc1C2=O. The van der Waals surface area contributed by atoms with E-state index in [4.69, 9.17) is 14.0 Å². The van der Waals surface area contributed by atoms with E-state index in [-0.39, 0.29) is 41.8 Å². The molecule has 46 heavy (non-hydrogen) atoms. The molecule has 0 saturated carbocycles. The minimum Gasteiger partial charge on any atom is -0.456 e. The normalized spacial score (nSPS) is 19.1. The standard InChI is InChI=1S/C34H33N3O8Si/c1-19(45-46(3,4)5)30-29-16-26(31(36(29)33(30)39)34(40)44-18-20-6-10-23(11-7-20)37(41)42)22-9-13-25-28(15-22)27-14-21(17-35-43-2)8-12-24(27)32(25)38/h6-15,17,19,29-30H,16,18H2,1-5H3/t19-,29-,30-/m1/s1. The summed E-state index contributed by atoms with van der Waals surface area (Å²) in [6.07, 6.45) is 1.65. The van der Waals surface area contributed by atoms with Gasteiger partial charge in [-0.25, -0.2) is 4.79 Å². The number of nitro benzene ring substituents is 1. The van der Waals surface area contributed by atoms with Crippen molar-refractivity contribution < 1.29 is 33.3 Å². The van der Waals surface area contributed by atoms with Gasteiger partial charge in [-0.2, -0.15) is 0 Å². The minimum atomic E-state index is -1.95. The summed E-state index contributed by atoms with van der Waals surface area (Å²) in [5.74, 6) is -1.37. The molecule has 2 heterocycles. The maximum atomic E-state index is 13.8. The van der Waals surface area contributed by atoms with Crippen molar-refractivity contribution in [3.63, 3.8) is 0 Å². The van der Waals surface area contributed by atoms with Gasteiger partial charge in [0.15, 0.2) is 14.1 Å². The van der Waals surface area contributed by atoms with E-state index in [0.29, 0.717) is 34.2 Å². The van der Waals surface area contributed by atoms with Crippen LogP contribution in [0.3, 0.4) is 0 Å². The number of ketones is 1. The molecule has 1 fully saturated rings. The number of benzene rings is 3. The van der Waals surface area contributed by atoms with Gasteiger partial charge in [0.05, 0.1) is 29.2 Å². The van der Waals surface area contributed by atoms with Crippen LogP contribution in [0, 0.1) is 16.0 Å². The van der Waals surface area contributed by atoms with Crippen LogP contribution in [0.15, 0.2) is 71.5 Å². The number of nitro groups is 1. The Labute approximate surface area is 266 Å². The number of ether oxygens (including phenoxy) is 1. The second-order valence-electron chi connectivity index (χ2n) is 12.6. The van der Waals surface area contributed by atoms with Crippen molar-refractivity contribution in [1.82, 2.24) is 4.90 Å². The Morgan fingerprint density at radius 1 is 1.04 bits per heavy atom. The first kappa shape index (κ1) is 31.1. The smallest absolute Gasteiger partial charge is 0.355 e. The van der Waals surface area contributed by atoms with Crippen LogP contribution in [0.5, 0.6) is 0 Å². The summed E-state index contributed by atoms with van der Waals surface area (Å²) in [4.78, 5) is 57.5. The summed E-state index contributed by atoms with van der Waals surface area (Å²) in [5.41, 5.74) is 5.38. The van der Waals surface area contributed by atoms with Crippen LogP contribution in [0.1, 0.15) is 46.0 Å². The molecular formula is C34H33N3O8Si. The predicted molar refractivity (Wildman–Crippen MR) is 172 cm³/mol. The number of esters is 1. The van der Waals surface area contributed by atoms with Crippen molar-refractivity contribution in [2.75, 3.05) is 7.11 Å². The number of carbonyl (C=O) groups excluding carboxylic acids is 3. The van der Waals surface area contributed by atoms with E-state index in [1.165, 1.54) is 36.3 Å². The zero-order valence-electron chi connectivity index (χ0n) is 26.1. The molecule has 0 aromatic heterocycles. The van der Waals surface area contributed by atoms with Gasteiger partial charge in [0, 0.05) is 23.3 Å². The van der Waals surface area contributed by atoms with Gasteiger partial charge in [0.25, 0.3) is 5.69 Å². The van der Waals surface area contributed by atoms with Crippen molar-refractivity contribution >= 4 is 43.5 Å². The van der Waals surface area contributed by atoms with E-state index in [0.717, 1.165) is 16.7 Å². The zero-order chi connectivity index (χ0) is 32.9. The lowest BCUT2D eigenvalue weighted by molar-refractivity contribution is -0.384. The molecule has 0 radical (unpaired) electrons. The van der Waals surface area contributed by atoms with Gasteiger partial charge in [0.2, 0.25) is 5.91 Å². The van der Waals surface area contributed by atoms with E-state index < -0.39 is 25.1 Å². The molecule has 0 bridgehead atoms. The number of hydrogen-bond donors (Lipinski definition) is 0. The highest BCUT2D eigenvalue weighted by Crippen LogP contribution is 2.49. The lowest BCUT2D eigenvalue weighted by atomic mass is 9.82. The van der Waals surface area contributed by atoms with E-state index >= 15 is 0 Å². The number of nitrogens with zero attached hydrogens (tertiary/aromatic N) is 3. The van der Waals surface area contributed by atoms with E-state index in [1.54, 1.807) is 24.4 Å². The van der Waals surface area contributed by atoms with Crippen LogP contribution >= 0.6 is 0 Å². The van der Waals surface area contributed by atoms with Gasteiger partial charge in [0.1, 0.15) is 19.4 Å². The average Bonchev–Trinajstić information content (AvgIpc) is 3.50. The fourth-order valence-electron chi connectivity index (χ4n) is 6.54. The monoisotopic (exact) mass is 639 g/mol. The number of fused-ring (bicyclic) bond motifs is 4. The molecule has 0 spiro atoms. The Morgan fingerprint density at radius 3 is 2.37 bits per heavy atom. The largest absolute Gasteiger partial charge is 0.456 e. The second-order valence-corrected chi connectivity index (χ2v) is 17.0. The molecule has 3 aromatic carbocycles. The highest BCUT2D eigenvalue weighted by molar-refractivity contribution is 6.69. The second kappa shape index (κ2) is 11.8. The van der Waals surface area contributed by atoms with Crippen molar-refractivity contribution in [2.24, 2.45) is 11.1 Å². The minimum absolute atomic E-state index is 0.0691. The van der Waals surface area contributed by atoms with Gasteiger partial charge in [-0.3, -0.25) is 19.7 Å². The zero-order valence-corrected chi connectivity index (χ0v) is 27.1. The summed E-state index contributed by atoms with van der Waals surface area (Å²) in [7, 11) is -0.499. The summed E-state index contributed by atoms with van der Waals surface area (Å²) < 4.78 is 12.0. The number of oxime groups is 1. The topological polar surface area (TPSA) is 138 Å². The third-order valence-corrected chi connectivity index (χ3v) is 9.54. The predicted octanol–water partition coefficient (Wildman–Crippen LogP) is 5.71. The number of non-ortho nitro benzene ring substituents is 1.